The molecule has 0 radical (unpaired) electrons. The lowest BCUT2D eigenvalue weighted by molar-refractivity contribution is -0.113. The average Bonchev–Trinajstić information content (AvgIpc) is 3.33. The molecule has 1 aromatic carbocycles. The third-order valence-electron chi connectivity index (χ3n) is 4.34. The summed E-state index contributed by atoms with van der Waals surface area (Å²) in [7, 11) is 2.06. The van der Waals surface area contributed by atoms with Gasteiger partial charge in [0.05, 0.1) is 29.5 Å². The molecule has 0 saturated heterocycles. The van der Waals surface area contributed by atoms with Crippen molar-refractivity contribution in [2.24, 2.45) is 7.05 Å². The third kappa shape index (κ3) is 2.36. The van der Waals surface area contributed by atoms with E-state index in [0.29, 0.717) is 18.1 Å². The predicted octanol–water partition coefficient (Wildman–Crippen LogP) is 3.08. The van der Waals surface area contributed by atoms with E-state index in [4.69, 9.17) is 9.72 Å². The van der Waals surface area contributed by atoms with Crippen molar-refractivity contribution in [1.82, 2.24) is 9.55 Å². The number of fused-ring (bicyclic) bond motifs is 1. The van der Waals surface area contributed by atoms with Gasteiger partial charge in [-0.3, -0.25) is 4.79 Å². The number of rotatable bonds is 3. The quantitative estimate of drug-likeness (QED) is 0.947. The molecular formula is C17H19N3O2. The minimum atomic E-state index is -0.0857. The van der Waals surface area contributed by atoms with Crippen LogP contribution in [0.5, 0.6) is 0 Å². The molecule has 0 unspecified atom stereocenters. The van der Waals surface area contributed by atoms with Crippen LogP contribution >= 0.6 is 0 Å². The number of anilines is 1. The largest absolute Gasteiger partial charge is 0.501 e. The lowest BCUT2D eigenvalue weighted by Crippen LogP contribution is -2.17. The van der Waals surface area contributed by atoms with Crippen LogP contribution in [0, 0.1) is 0 Å². The summed E-state index contributed by atoms with van der Waals surface area (Å²) < 4.78 is 7.39. The van der Waals surface area contributed by atoms with Crippen LogP contribution in [0.25, 0.3) is 11.0 Å². The molecule has 5 heteroatoms. The Morgan fingerprint density at radius 3 is 3.00 bits per heavy atom. The maximum absolute atomic E-state index is 12.2. The fourth-order valence-corrected chi connectivity index (χ4v) is 2.95. The number of hydrogen-bond donors (Lipinski definition) is 1. The van der Waals surface area contributed by atoms with Crippen molar-refractivity contribution in [1.29, 1.82) is 0 Å². The standard InChI is InChI=1S/C17H19N3O2/c1-20-15-7-6-13(9-14(15)19-16(20)11-4-5-11)18-17(21)12-3-2-8-22-10-12/h6-7,9-11H,2-5,8H2,1H3,(H,18,21). The Balaban J connectivity index is 1.59. The average molecular weight is 297 g/mol. The highest BCUT2D eigenvalue weighted by atomic mass is 16.5. The van der Waals surface area contributed by atoms with E-state index >= 15 is 0 Å². The molecule has 1 aliphatic carbocycles. The van der Waals surface area contributed by atoms with Gasteiger partial charge in [0.2, 0.25) is 0 Å². The zero-order valence-corrected chi connectivity index (χ0v) is 12.6. The normalized spacial score (nSPS) is 18.0. The van der Waals surface area contributed by atoms with Gasteiger partial charge in [-0.1, -0.05) is 0 Å². The number of benzene rings is 1. The Labute approximate surface area is 129 Å². The molecule has 1 aromatic heterocycles. The first-order valence-electron chi connectivity index (χ1n) is 7.81. The number of aromatic nitrogens is 2. The summed E-state index contributed by atoms with van der Waals surface area (Å²) in [6.45, 7) is 0.695. The van der Waals surface area contributed by atoms with Crippen molar-refractivity contribution < 1.29 is 9.53 Å². The zero-order valence-electron chi connectivity index (χ0n) is 12.6. The maximum Gasteiger partial charge on any atom is 0.254 e. The molecule has 1 N–H and O–H groups in total. The first-order valence-corrected chi connectivity index (χ1v) is 7.81. The lowest BCUT2D eigenvalue weighted by atomic mass is 10.1. The molecule has 114 valence electrons. The van der Waals surface area contributed by atoms with Crippen molar-refractivity contribution in [2.75, 3.05) is 11.9 Å². The SMILES string of the molecule is Cn1c(C2CC2)nc2cc(NC(=O)C3=COCCC3)ccc21. The Morgan fingerprint density at radius 1 is 1.41 bits per heavy atom. The molecule has 0 spiro atoms. The molecule has 1 amide bonds. The molecule has 2 aromatic rings. The molecule has 2 aliphatic rings. The fourth-order valence-electron chi connectivity index (χ4n) is 2.95. The number of hydrogen-bond acceptors (Lipinski definition) is 3. The first-order chi connectivity index (χ1) is 10.7. The van der Waals surface area contributed by atoms with E-state index in [1.165, 1.54) is 12.8 Å². The van der Waals surface area contributed by atoms with Crippen LogP contribution in [0.3, 0.4) is 0 Å². The van der Waals surface area contributed by atoms with Crippen molar-refractivity contribution in [2.45, 2.75) is 31.6 Å². The second-order valence-electron chi connectivity index (χ2n) is 6.08. The summed E-state index contributed by atoms with van der Waals surface area (Å²) >= 11 is 0. The van der Waals surface area contributed by atoms with Gasteiger partial charge in [-0.2, -0.15) is 0 Å². The van der Waals surface area contributed by atoms with Gasteiger partial charge >= 0.3 is 0 Å². The Bertz CT molecular complexity index is 772. The minimum absolute atomic E-state index is 0.0857. The summed E-state index contributed by atoms with van der Waals surface area (Å²) in [4.78, 5) is 16.9. The van der Waals surface area contributed by atoms with Crippen molar-refractivity contribution in [3.05, 3.63) is 35.9 Å². The number of carbonyl (C=O) groups is 1. The maximum atomic E-state index is 12.2. The lowest BCUT2D eigenvalue weighted by Gasteiger charge is -2.13. The summed E-state index contributed by atoms with van der Waals surface area (Å²) in [6, 6.07) is 5.90. The van der Waals surface area contributed by atoms with Gasteiger partial charge in [-0.05, 0) is 43.9 Å². The molecule has 1 saturated carbocycles. The summed E-state index contributed by atoms with van der Waals surface area (Å²) in [5.41, 5.74) is 3.53. The van der Waals surface area contributed by atoms with E-state index < -0.39 is 0 Å². The highest BCUT2D eigenvalue weighted by Gasteiger charge is 2.28. The molecule has 2 heterocycles. The Hall–Kier alpha value is -2.30. The van der Waals surface area contributed by atoms with E-state index in [1.807, 2.05) is 18.2 Å². The van der Waals surface area contributed by atoms with Gasteiger partial charge < -0.3 is 14.6 Å². The molecule has 22 heavy (non-hydrogen) atoms. The number of carbonyl (C=O) groups excluding carboxylic acids is 1. The van der Waals surface area contributed by atoms with E-state index in [0.717, 1.165) is 35.4 Å². The monoisotopic (exact) mass is 297 g/mol. The van der Waals surface area contributed by atoms with E-state index in [9.17, 15) is 4.79 Å². The first kappa shape index (κ1) is 13.4. The van der Waals surface area contributed by atoms with Gasteiger partial charge in [-0.15, -0.1) is 0 Å². The van der Waals surface area contributed by atoms with Crippen LogP contribution in [0.1, 0.15) is 37.4 Å². The molecule has 1 aliphatic heterocycles. The van der Waals surface area contributed by atoms with E-state index in [2.05, 4.69) is 16.9 Å². The Morgan fingerprint density at radius 2 is 2.27 bits per heavy atom. The molecule has 5 nitrogen and oxygen atoms in total. The van der Waals surface area contributed by atoms with E-state index in [1.54, 1.807) is 6.26 Å². The van der Waals surface area contributed by atoms with Crippen molar-refractivity contribution >= 4 is 22.6 Å². The number of imidazole rings is 1. The zero-order chi connectivity index (χ0) is 15.1. The van der Waals surface area contributed by atoms with Crippen LogP contribution in [0.2, 0.25) is 0 Å². The van der Waals surface area contributed by atoms with Crippen LogP contribution in [-0.4, -0.2) is 22.1 Å². The predicted molar refractivity (Wildman–Crippen MR) is 84.6 cm³/mol. The number of ether oxygens (including phenoxy) is 1. The van der Waals surface area contributed by atoms with Gasteiger partial charge in [0, 0.05) is 18.7 Å². The van der Waals surface area contributed by atoms with Crippen LogP contribution in [0.4, 0.5) is 5.69 Å². The van der Waals surface area contributed by atoms with Crippen LogP contribution in [-0.2, 0) is 16.6 Å². The van der Waals surface area contributed by atoms with Gasteiger partial charge in [0.25, 0.3) is 5.91 Å². The second kappa shape index (κ2) is 5.16. The molecule has 1 fully saturated rings. The van der Waals surface area contributed by atoms with E-state index in [-0.39, 0.29) is 5.91 Å². The van der Waals surface area contributed by atoms with Gasteiger partial charge in [0.1, 0.15) is 5.82 Å². The summed E-state index contributed by atoms with van der Waals surface area (Å²) in [5.74, 6) is 1.68. The number of amides is 1. The number of nitrogens with one attached hydrogen (secondary N) is 1. The van der Waals surface area contributed by atoms with Gasteiger partial charge in [0.15, 0.2) is 0 Å². The Kier molecular flexibility index (Phi) is 3.13. The number of aryl methyl sites for hydroxylation is 1. The highest BCUT2D eigenvalue weighted by Crippen LogP contribution is 2.40. The molecule has 4 rings (SSSR count). The smallest absolute Gasteiger partial charge is 0.254 e. The molecular weight excluding hydrogens is 278 g/mol. The summed E-state index contributed by atoms with van der Waals surface area (Å²) in [6.07, 6.45) is 5.69. The second-order valence-corrected chi connectivity index (χ2v) is 6.08. The summed E-state index contributed by atoms with van der Waals surface area (Å²) in [5, 5.41) is 2.94. The van der Waals surface area contributed by atoms with Crippen LogP contribution in [0.15, 0.2) is 30.0 Å². The topological polar surface area (TPSA) is 56.2 Å². The minimum Gasteiger partial charge on any atom is -0.501 e. The van der Waals surface area contributed by atoms with Crippen molar-refractivity contribution in [3.63, 3.8) is 0 Å². The van der Waals surface area contributed by atoms with Gasteiger partial charge in [-0.25, -0.2) is 4.98 Å². The molecule has 0 atom stereocenters. The number of nitrogens with zero attached hydrogens (tertiary/aromatic N) is 2. The molecule has 0 bridgehead atoms. The highest BCUT2D eigenvalue weighted by molar-refractivity contribution is 6.04. The van der Waals surface area contributed by atoms with Crippen LogP contribution < -0.4 is 5.32 Å². The fraction of sp³-hybridized carbons (Fsp3) is 0.412. The van der Waals surface area contributed by atoms with Crippen molar-refractivity contribution in [3.8, 4) is 0 Å². The third-order valence-corrected chi connectivity index (χ3v) is 4.34.